The molecule has 0 aromatic carbocycles. The first-order chi connectivity index (χ1) is 4.74. The van der Waals surface area contributed by atoms with E-state index in [4.69, 9.17) is 9.52 Å². The quantitative estimate of drug-likeness (QED) is 0.675. The Morgan fingerprint density at radius 3 is 2.70 bits per heavy atom. The summed E-state index contributed by atoms with van der Waals surface area (Å²) in [5, 5.41) is 8.58. The standard InChI is InChI=1S/C7H11NO2/c1-5(2)6-4-10-7(3-9)8-6/h4-5,9H,3H2,1-2H3. The predicted molar refractivity (Wildman–Crippen MR) is 36.5 cm³/mol. The number of hydrogen-bond donors (Lipinski definition) is 1. The number of aliphatic hydroxyl groups excluding tert-OH is 1. The van der Waals surface area contributed by atoms with E-state index in [0.717, 1.165) is 5.69 Å². The van der Waals surface area contributed by atoms with E-state index in [0.29, 0.717) is 11.8 Å². The summed E-state index contributed by atoms with van der Waals surface area (Å²) in [6, 6.07) is 0. The molecule has 0 saturated carbocycles. The second-order valence-electron chi connectivity index (χ2n) is 2.48. The van der Waals surface area contributed by atoms with Crippen molar-refractivity contribution in [1.82, 2.24) is 4.98 Å². The highest BCUT2D eigenvalue weighted by Gasteiger charge is 2.04. The molecule has 1 N–H and O–H groups in total. The molecule has 1 rings (SSSR count). The van der Waals surface area contributed by atoms with Crippen LogP contribution in [-0.4, -0.2) is 10.1 Å². The lowest BCUT2D eigenvalue weighted by Crippen LogP contribution is -1.88. The van der Waals surface area contributed by atoms with Crippen LogP contribution in [0.2, 0.25) is 0 Å². The highest BCUT2D eigenvalue weighted by atomic mass is 16.4. The van der Waals surface area contributed by atoms with Gasteiger partial charge in [-0.2, -0.15) is 0 Å². The maximum Gasteiger partial charge on any atom is 0.219 e. The second-order valence-corrected chi connectivity index (χ2v) is 2.48. The third-order valence-electron chi connectivity index (χ3n) is 1.30. The van der Waals surface area contributed by atoms with Crippen molar-refractivity contribution < 1.29 is 9.52 Å². The molecule has 0 saturated heterocycles. The predicted octanol–water partition coefficient (Wildman–Crippen LogP) is 1.29. The Labute approximate surface area is 59.7 Å². The van der Waals surface area contributed by atoms with E-state index in [1.165, 1.54) is 0 Å². The van der Waals surface area contributed by atoms with Crippen molar-refractivity contribution in [3.05, 3.63) is 17.8 Å². The molecule has 0 aliphatic heterocycles. The third kappa shape index (κ3) is 1.36. The molecule has 0 amide bonds. The Balaban J connectivity index is 2.78. The molecule has 56 valence electrons. The van der Waals surface area contributed by atoms with Gasteiger partial charge in [0, 0.05) is 0 Å². The number of nitrogens with zero attached hydrogens (tertiary/aromatic N) is 1. The lowest BCUT2D eigenvalue weighted by molar-refractivity contribution is 0.240. The largest absolute Gasteiger partial charge is 0.446 e. The van der Waals surface area contributed by atoms with Crippen molar-refractivity contribution in [1.29, 1.82) is 0 Å². The summed E-state index contributed by atoms with van der Waals surface area (Å²) in [7, 11) is 0. The molecule has 3 heteroatoms. The van der Waals surface area contributed by atoms with Gasteiger partial charge in [0.1, 0.15) is 12.9 Å². The first-order valence-electron chi connectivity index (χ1n) is 3.29. The third-order valence-corrected chi connectivity index (χ3v) is 1.30. The molecule has 0 radical (unpaired) electrons. The highest BCUT2D eigenvalue weighted by Crippen LogP contribution is 2.12. The zero-order valence-electron chi connectivity index (χ0n) is 6.16. The van der Waals surface area contributed by atoms with E-state index < -0.39 is 0 Å². The normalized spacial score (nSPS) is 10.8. The van der Waals surface area contributed by atoms with Gasteiger partial charge in [-0.3, -0.25) is 0 Å². The number of aromatic nitrogens is 1. The minimum Gasteiger partial charge on any atom is -0.446 e. The highest BCUT2D eigenvalue weighted by molar-refractivity contribution is 5.00. The number of hydrogen-bond acceptors (Lipinski definition) is 3. The van der Waals surface area contributed by atoms with Gasteiger partial charge in [-0.05, 0) is 5.92 Å². The van der Waals surface area contributed by atoms with Crippen molar-refractivity contribution in [3.8, 4) is 0 Å². The van der Waals surface area contributed by atoms with Crippen molar-refractivity contribution in [2.24, 2.45) is 0 Å². The molecule has 1 heterocycles. The van der Waals surface area contributed by atoms with Gasteiger partial charge < -0.3 is 9.52 Å². The van der Waals surface area contributed by atoms with Crippen LogP contribution >= 0.6 is 0 Å². The zero-order chi connectivity index (χ0) is 7.56. The van der Waals surface area contributed by atoms with Gasteiger partial charge in [-0.1, -0.05) is 13.8 Å². The topological polar surface area (TPSA) is 46.3 Å². The van der Waals surface area contributed by atoms with E-state index >= 15 is 0 Å². The van der Waals surface area contributed by atoms with Crippen LogP contribution in [0.15, 0.2) is 10.7 Å². The van der Waals surface area contributed by atoms with Crippen LogP contribution in [0.4, 0.5) is 0 Å². The molecule has 0 unspecified atom stereocenters. The fourth-order valence-corrected chi connectivity index (χ4v) is 0.663. The summed E-state index contributed by atoms with van der Waals surface area (Å²) in [5.74, 6) is 0.757. The minimum absolute atomic E-state index is 0.118. The van der Waals surface area contributed by atoms with E-state index in [9.17, 15) is 0 Å². The van der Waals surface area contributed by atoms with Gasteiger partial charge >= 0.3 is 0 Å². The lowest BCUT2D eigenvalue weighted by atomic mass is 10.2. The molecule has 0 bridgehead atoms. The van der Waals surface area contributed by atoms with Crippen LogP contribution in [-0.2, 0) is 6.61 Å². The van der Waals surface area contributed by atoms with E-state index in [2.05, 4.69) is 4.98 Å². The summed E-state index contributed by atoms with van der Waals surface area (Å²) in [6.07, 6.45) is 1.58. The molecule has 0 atom stereocenters. The van der Waals surface area contributed by atoms with Gasteiger partial charge in [0.25, 0.3) is 0 Å². The maximum atomic E-state index is 8.58. The first kappa shape index (κ1) is 7.28. The van der Waals surface area contributed by atoms with Crippen molar-refractivity contribution in [3.63, 3.8) is 0 Å². The molecule has 0 fully saturated rings. The number of oxazole rings is 1. The van der Waals surface area contributed by atoms with E-state index in [1.807, 2.05) is 13.8 Å². The summed E-state index contributed by atoms with van der Waals surface area (Å²) in [6.45, 7) is 3.94. The molecule has 1 aromatic rings. The Kier molecular flexibility index (Phi) is 2.06. The molecule has 10 heavy (non-hydrogen) atoms. The van der Waals surface area contributed by atoms with Gasteiger partial charge in [-0.25, -0.2) is 4.98 Å². The van der Waals surface area contributed by atoms with Crippen molar-refractivity contribution in [2.45, 2.75) is 26.4 Å². The monoisotopic (exact) mass is 141 g/mol. The minimum atomic E-state index is -0.118. The van der Waals surface area contributed by atoms with Gasteiger partial charge in [-0.15, -0.1) is 0 Å². The Morgan fingerprint density at radius 1 is 1.70 bits per heavy atom. The van der Waals surface area contributed by atoms with Crippen LogP contribution in [0.1, 0.15) is 31.4 Å². The molecular formula is C7H11NO2. The van der Waals surface area contributed by atoms with Crippen LogP contribution in [0.3, 0.4) is 0 Å². The summed E-state index contributed by atoms with van der Waals surface area (Å²) >= 11 is 0. The first-order valence-corrected chi connectivity index (χ1v) is 3.29. The van der Waals surface area contributed by atoms with Crippen LogP contribution < -0.4 is 0 Å². The molecule has 3 nitrogen and oxygen atoms in total. The average Bonchev–Trinajstić information content (AvgIpc) is 2.34. The number of rotatable bonds is 2. The SMILES string of the molecule is CC(C)c1coc(CO)n1. The van der Waals surface area contributed by atoms with E-state index in [1.54, 1.807) is 6.26 Å². The smallest absolute Gasteiger partial charge is 0.219 e. The van der Waals surface area contributed by atoms with E-state index in [-0.39, 0.29) is 6.61 Å². The summed E-state index contributed by atoms with van der Waals surface area (Å²) < 4.78 is 4.91. The Morgan fingerprint density at radius 2 is 2.40 bits per heavy atom. The van der Waals surface area contributed by atoms with Gasteiger partial charge in [0.05, 0.1) is 5.69 Å². The fraction of sp³-hybridized carbons (Fsp3) is 0.571. The van der Waals surface area contributed by atoms with Gasteiger partial charge in [0.2, 0.25) is 5.89 Å². The van der Waals surface area contributed by atoms with Gasteiger partial charge in [0.15, 0.2) is 0 Å². The van der Waals surface area contributed by atoms with Crippen LogP contribution in [0.25, 0.3) is 0 Å². The Bertz CT molecular complexity index is 205. The molecule has 0 spiro atoms. The zero-order valence-corrected chi connectivity index (χ0v) is 6.16. The molecule has 1 aromatic heterocycles. The summed E-state index contributed by atoms with van der Waals surface area (Å²) in [4.78, 5) is 4.01. The fourth-order valence-electron chi connectivity index (χ4n) is 0.663. The van der Waals surface area contributed by atoms with Crippen LogP contribution in [0.5, 0.6) is 0 Å². The maximum absolute atomic E-state index is 8.58. The van der Waals surface area contributed by atoms with Crippen LogP contribution in [0, 0.1) is 0 Å². The average molecular weight is 141 g/mol. The Hall–Kier alpha value is -0.830. The molecular weight excluding hydrogens is 130 g/mol. The second kappa shape index (κ2) is 2.84. The van der Waals surface area contributed by atoms with Crippen molar-refractivity contribution in [2.75, 3.05) is 0 Å². The number of aliphatic hydroxyl groups is 1. The summed E-state index contributed by atoms with van der Waals surface area (Å²) in [5.41, 5.74) is 0.893. The molecule has 0 aliphatic rings. The lowest BCUT2D eigenvalue weighted by Gasteiger charge is -1.93. The molecule has 0 aliphatic carbocycles. The van der Waals surface area contributed by atoms with Crippen molar-refractivity contribution >= 4 is 0 Å².